The second-order valence-electron chi connectivity index (χ2n) is 7.21. The molecule has 1 N–H and O–H groups in total. The monoisotopic (exact) mass is 525 g/mol. The number of anilines is 1. The maximum atomic E-state index is 12.5. The van der Waals surface area contributed by atoms with Gasteiger partial charge < -0.3 is 19.0 Å². The number of carbonyl (C=O) groups is 2. The molecule has 0 aliphatic heterocycles. The van der Waals surface area contributed by atoms with E-state index in [0.717, 1.165) is 18.2 Å². The number of carbonyl (C=O) groups excluding carboxylic acids is 2. The Kier molecular flexibility index (Phi) is 8.45. The number of amides is 1. The van der Waals surface area contributed by atoms with Crippen molar-refractivity contribution < 1.29 is 38.5 Å². The van der Waals surface area contributed by atoms with Gasteiger partial charge in [0.2, 0.25) is 5.75 Å². The average Bonchev–Trinajstić information content (AvgIpc) is 2.93. The lowest BCUT2D eigenvalue weighted by Crippen LogP contribution is -2.11. The Labute approximate surface area is 213 Å². The number of methoxy groups -OCH3 is 3. The second kappa shape index (κ2) is 11.9. The molecule has 0 aliphatic carbocycles. The Morgan fingerprint density at radius 2 is 1.34 bits per heavy atom. The fraction of sp³-hybridized carbons (Fsp3) is 0.130. The maximum absolute atomic E-state index is 12.5. The van der Waals surface area contributed by atoms with E-state index in [0.29, 0.717) is 5.75 Å². The first-order valence-electron chi connectivity index (χ1n) is 10.4. The van der Waals surface area contributed by atoms with Crippen LogP contribution in [0.25, 0.3) is 0 Å². The first kappa shape index (κ1) is 27.0. The first-order valence-corrected chi connectivity index (χ1v) is 10.4. The van der Waals surface area contributed by atoms with Crippen molar-refractivity contribution >= 4 is 34.6 Å². The lowest BCUT2D eigenvalue weighted by atomic mass is 10.1. The average molecular weight is 525 g/mol. The summed E-state index contributed by atoms with van der Waals surface area (Å²) in [6.45, 7) is 0. The zero-order chi connectivity index (χ0) is 27.8. The number of ether oxygens (including phenoxy) is 3. The minimum absolute atomic E-state index is 0.148. The number of rotatable bonds is 10. The summed E-state index contributed by atoms with van der Waals surface area (Å²) >= 11 is 0. The molecule has 38 heavy (non-hydrogen) atoms. The minimum Gasteiger partial charge on any atom is -0.493 e. The molecule has 0 spiro atoms. The molecule has 1 amide bonds. The molecule has 0 unspecified atom stereocenters. The molecule has 15 heteroatoms. The number of nitrogens with zero attached hydrogens (tertiary/aromatic N) is 4. The molecule has 0 saturated carbocycles. The molecule has 3 aromatic carbocycles. The molecule has 0 fully saturated rings. The normalized spacial score (nSPS) is 10.5. The van der Waals surface area contributed by atoms with E-state index in [4.69, 9.17) is 19.0 Å². The molecular weight excluding hydrogens is 506 g/mol. The third-order valence-electron chi connectivity index (χ3n) is 4.86. The van der Waals surface area contributed by atoms with Crippen molar-refractivity contribution in [3.05, 3.63) is 86.0 Å². The van der Waals surface area contributed by atoms with Crippen LogP contribution in [-0.2, 0) is 4.84 Å². The minimum atomic E-state index is -1.09. The van der Waals surface area contributed by atoms with E-state index in [1.165, 1.54) is 57.7 Å². The molecule has 0 radical (unpaired) electrons. The molecule has 0 aromatic heterocycles. The number of hydrogen-bond acceptors (Lipinski definition) is 12. The van der Waals surface area contributed by atoms with Crippen molar-refractivity contribution in [1.29, 1.82) is 0 Å². The lowest BCUT2D eigenvalue weighted by Gasteiger charge is -2.12. The molecule has 196 valence electrons. The summed E-state index contributed by atoms with van der Waals surface area (Å²) in [6.07, 6.45) is 0. The van der Waals surface area contributed by atoms with Gasteiger partial charge in [-0.2, -0.15) is 0 Å². The van der Waals surface area contributed by atoms with E-state index in [1.54, 1.807) is 0 Å². The van der Waals surface area contributed by atoms with Gasteiger partial charge in [0.15, 0.2) is 11.5 Å². The van der Waals surface area contributed by atoms with Crippen molar-refractivity contribution in [3.8, 4) is 17.2 Å². The van der Waals surface area contributed by atoms with Gasteiger partial charge in [-0.25, -0.2) is 10.3 Å². The van der Waals surface area contributed by atoms with E-state index in [2.05, 4.69) is 15.7 Å². The van der Waals surface area contributed by atoms with Crippen LogP contribution in [0.1, 0.15) is 20.7 Å². The number of benzene rings is 3. The number of nitrogens with one attached hydrogen (secondary N) is 1. The van der Waals surface area contributed by atoms with Crippen LogP contribution >= 0.6 is 0 Å². The van der Waals surface area contributed by atoms with Crippen LogP contribution in [0, 0.1) is 20.2 Å². The van der Waals surface area contributed by atoms with Crippen molar-refractivity contribution in [2.24, 2.45) is 10.2 Å². The Balaban J connectivity index is 1.67. The third-order valence-corrected chi connectivity index (χ3v) is 4.86. The highest BCUT2D eigenvalue weighted by Crippen LogP contribution is 2.38. The first-order chi connectivity index (χ1) is 18.2. The molecular formula is C23H19N5O10. The van der Waals surface area contributed by atoms with Crippen LogP contribution in [0.3, 0.4) is 0 Å². The van der Waals surface area contributed by atoms with Gasteiger partial charge in [-0.1, -0.05) is 0 Å². The molecule has 0 heterocycles. The number of nitro groups is 2. The van der Waals surface area contributed by atoms with E-state index in [-0.39, 0.29) is 28.4 Å². The van der Waals surface area contributed by atoms with E-state index in [9.17, 15) is 29.8 Å². The Hall–Kier alpha value is -5.60. The molecule has 15 nitrogen and oxygen atoms in total. The highest BCUT2D eigenvalue weighted by Gasteiger charge is 2.21. The van der Waals surface area contributed by atoms with E-state index in [1.807, 2.05) is 0 Å². The maximum Gasteiger partial charge on any atom is 0.363 e. The number of azo groups is 1. The predicted molar refractivity (Wildman–Crippen MR) is 130 cm³/mol. The summed E-state index contributed by atoms with van der Waals surface area (Å²) < 4.78 is 15.6. The summed E-state index contributed by atoms with van der Waals surface area (Å²) in [6, 6.07) is 11.1. The summed E-state index contributed by atoms with van der Waals surface area (Å²) in [7, 11) is 4.25. The van der Waals surface area contributed by atoms with Crippen LogP contribution in [0.5, 0.6) is 17.2 Å². The highest BCUT2D eigenvalue weighted by molar-refractivity contribution is 5.96. The van der Waals surface area contributed by atoms with E-state index < -0.39 is 38.7 Å². The van der Waals surface area contributed by atoms with Gasteiger partial charge in [-0.3, -0.25) is 25.0 Å². The summed E-state index contributed by atoms with van der Waals surface area (Å²) in [4.78, 5) is 49.9. The Morgan fingerprint density at radius 1 is 0.789 bits per heavy atom. The SMILES string of the molecule is COc1cc(C(=O)N=Nc2ccc(NOC(=O)c3cc([N+](=O)[O-])cc([N+](=O)[O-])c3)cc2)cc(OC)c1OC. The van der Waals surface area contributed by atoms with Crippen LogP contribution < -0.4 is 19.7 Å². The van der Waals surface area contributed by atoms with Crippen LogP contribution in [0.15, 0.2) is 64.8 Å². The fourth-order valence-electron chi connectivity index (χ4n) is 3.05. The molecule has 3 rings (SSSR count). The topological polar surface area (TPSA) is 194 Å². The second-order valence-corrected chi connectivity index (χ2v) is 7.21. The Bertz CT molecular complexity index is 1370. The van der Waals surface area contributed by atoms with Gasteiger partial charge in [0.05, 0.1) is 59.7 Å². The fourth-order valence-corrected chi connectivity index (χ4v) is 3.05. The number of non-ortho nitro benzene ring substituents is 2. The van der Waals surface area contributed by atoms with Crippen LogP contribution in [0.4, 0.5) is 22.7 Å². The zero-order valence-electron chi connectivity index (χ0n) is 20.1. The molecule has 0 bridgehead atoms. The van der Waals surface area contributed by atoms with Crippen molar-refractivity contribution in [2.75, 3.05) is 26.8 Å². The van der Waals surface area contributed by atoms with Gasteiger partial charge in [0.25, 0.3) is 17.3 Å². The molecule has 0 saturated heterocycles. The van der Waals surface area contributed by atoms with Crippen LogP contribution in [0.2, 0.25) is 0 Å². The summed E-state index contributed by atoms with van der Waals surface area (Å²) in [5.41, 5.74) is 1.37. The lowest BCUT2D eigenvalue weighted by molar-refractivity contribution is -0.394. The van der Waals surface area contributed by atoms with Gasteiger partial charge >= 0.3 is 5.97 Å². The highest BCUT2D eigenvalue weighted by atomic mass is 16.7. The van der Waals surface area contributed by atoms with Gasteiger partial charge in [0.1, 0.15) is 0 Å². The van der Waals surface area contributed by atoms with Gasteiger partial charge in [-0.15, -0.1) is 10.2 Å². The predicted octanol–water partition coefficient (Wildman–Crippen LogP) is 4.64. The quantitative estimate of drug-likeness (QED) is 0.220. The van der Waals surface area contributed by atoms with Crippen molar-refractivity contribution in [3.63, 3.8) is 0 Å². The van der Waals surface area contributed by atoms with Crippen molar-refractivity contribution in [2.45, 2.75) is 0 Å². The zero-order valence-corrected chi connectivity index (χ0v) is 20.1. The number of nitro benzene ring substituents is 2. The van der Waals surface area contributed by atoms with Crippen molar-refractivity contribution in [1.82, 2.24) is 0 Å². The molecule has 0 aliphatic rings. The molecule has 0 atom stereocenters. The van der Waals surface area contributed by atoms with E-state index >= 15 is 0 Å². The smallest absolute Gasteiger partial charge is 0.363 e. The number of hydrogen-bond donors (Lipinski definition) is 1. The summed E-state index contributed by atoms with van der Waals surface area (Å²) in [5, 5.41) is 29.5. The Morgan fingerprint density at radius 3 is 1.82 bits per heavy atom. The third kappa shape index (κ3) is 6.34. The van der Waals surface area contributed by atoms with Gasteiger partial charge in [0, 0.05) is 12.1 Å². The van der Waals surface area contributed by atoms with Crippen LogP contribution in [-0.4, -0.2) is 43.1 Å². The molecule has 3 aromatic rings. The largest absolute Gasteiger partial charge is 0.493 e. The standard InChI is InChI=1S/C23H19N5O10/c1-35-19-10-13(11-20(36-2)21(19)37-3)22(29)25-24-15-4-6-16(7-5-15)26-38-23(30)14-8-17(27(31)32)12-18(9-14)28(33)34/h4-12,26H,1-3H3. The van der Waals surface area contributed by atoms with Gasteiger partial charge in [-0.05, 0) is 36.4 Å². The summed E-state index contributed by atoms with van der Waals surface area (Å²) in [5.74, 6) is -0.899.